The molecule has 28 heavy (non-hydrogen) atoms. The van der Waals surface area contributed by atoms with Crippen LogP contribution in [0, 0.1) is 0 Å². The van der Waals surface area contributed by atoms with Gasteiger partial charge in [0.2, 0.25) is 6.29 Å². The summed E-state index contributed by atoms with van der Waals surface area (Å²) >= 11 is 0. The van der Waals surface area contributed by atoms with Crippen LogP contribution in [0.4, 0.5) is 0 Å². The van der Waals surface area contributed by atoms with Gasteiger partial charge in [-0.15, -0.1) is 0 Å². The van der Waals surface area contributed by atoms with Crippen molar-refractivity contribution in [1.29, 1.82) is 0 Å². The first kappa shape index (κ1) is 21.2. The maximum Gasteiger partial charge on any atom is 0.229 e. The second-order valence-corrected chi connectivity index (χ2v) is 6.68. The number of aliphatic hydroxyl groups is 6. The highest BCUT2D eigenvalue weighted by molar-refractivity contribution is 5.38. The van der Waals surface area contributed by atoms with Crippen LogP contribution in [0.15, 0.2) is 24.3 Å². The molecule has 7 N–H and O–H groups in total. The summed E-state index contributed by atoms with van der Waals surface area (Å²) in [7, 11) is 0. The van der Waals surface area contributed by atoms with E-state index in [9.17, 15) is 35.7 Å². The third-order valence-corrected chi connectivity index (χ3v) is 4.66. The monoisotopic (exact) mass is 404 g/mol. The van der Waals surface area contributed by atoms with Gasteiger partial charge < -0.3 is 54.7 Å². The molecule has 3 rings (SSSR count). The van der Waals surface area contributed by atoms with Crippen LogP contribution in [0.3, 0.4) is 0 Å². The number of phenolic OH excluding ortho intramolecular Hbond substituents is 1. The zero-order valence-electron chi connectivity index (χ0n) is 14.7. The minimum Gasteiger partial charge on any atom is -0.504 e. The smallest absolute Gasteiger partial charge is 0.229 e. The summed E-state index contributed by atoms with van der Waals surface area (Å²) in [6.07, 6.45) is -13.0. The molecule has 0 unspecified atom stereocenters. The maximum atomic E-state index is 10.1. The molecule has 2 fully saturated rings. The number of rotatable bonds is 5. The Kier molecular flexibility index (Phi) is 6.70. The summed E-state index contributed by atoms with van der Waals surface area (Å²) in [4.78, 5) is 0. The van der Waals surface area contributed by atoms with Crippen LogP contribution in [-0.2, 0) is 14.2 Å². The summed E-state index contributed by atoms with van der Waals surface area (Å²) in [6, 6.07) is 5.93. The lowest BCUT2D eigenvalue weighted by Crippen LogP contribution is -2.61. The van der Waals surface area contributed by atoms with Gasteiger partial charge in [0.05, 0.1) is 13.2 Å². The average molecular weight is 404 g/mol. The summed E-state index contributed by atoms with van der Waals surface area (Å²) in [5, 5.41) is 69.0. The van der Waals surface area contributed by atoms with Crippen LogP contribution < -0.4 is 4.74 Å². The molecule has 2 aliphatic rings. The quantitative estimate of drug-likeness (QED) is 0.266. The first-order valence-electron chi connectivity index (χ1n) is 8.71. The van der Waals surface area contributed by atoms with Gasteiger partial charge in [0.15, 0.2) is 17.8 Å². The topological polar surface area (TPSA) is 179 Å². The van der Waals surface area contributed by atoms with Crippen molar-refractivity contribution in [2.45, 2.75) is 55.3 Å². The molecule has 2 saturated heterocycles. The van der Waals surface area contributed by atoms with Gasteiger partial charge in [-0.3, -0.25) is 0 Å². The van der Waals surface area contributed by atoms with Crippen LogP contribution in [0.5, 0.6) is 11.5 Å². The maximum absolute atomic E-state index is 10.1. The van der Waals surface area contributed by atoms with Crippen LogP contribution in [0.2, 0.25) is 0 Å². The molecule has 0 aromatic heterocycles. The standard InChI is InChI=1S/C17H24O11/c18-7-3-1-2-4-9(7)27-17-15(24)13(22)12(21)10(28-17)6-26-16-14(23)11(20)8(19)5-25-16/h1-4,8,10-24H,5-6H2/t8-,10-,11+,12-,13+,14-,15-,16+,17-/m1/s1. The molecular weight excluding hydrogens is 380 g/mol. The lowest BCUT2D eigenvalue weighted by atomic mass is 9.99. The molecule has 0 radical (unpaired) electrons. The number of hydrogen-bond donors (Lipinski definition) is 7. The van der Waals surface area contributed by atoms with Gasteiger partial charge in [0.1, 0.15) is 42.7 Å². The number of hydrogen-bond acceptors (Lipinski definition) is 11. The number of para-hydroxylation sites is 2. The Hall–Kier alpha value is -1.54. The van der Waals surface area contributed by atoms with Crippen molar-refractivity contribution in [3.63, 3.8) is 0 Å². The fourth-order valence-electron chi connectivity index (χ4n) is 2.95. The highest BCUT2D eigenvalue weighted by Crippen LogP contribution is 2.30. The van der Waals surface area contributed by atoms with Crippen LogP contribution in [0.25, 0.3) is 0 Å². The SMILES string of the molecule is Oc1ccccc1O[C@@H]1O[C@H](CO[C@@H]2OC[C@@H](O)[C@H](O)[C@H]2O)[C@@H](O)[C@H](O)[C@H]1O. The van der Waals surface area contributed by atoms with E-state index in [1.165, 1.54) is 12.1 Å². The van der Waals surface area contributed by atoms with Crippen LogP contribution in [-0.4, -0.2) is 104 Å². The largest absolute Gasteiger partial charge is 0.504 e. The van der Waals surface area contributed by atoms with Gasteiger partial charge in [0, 0.05) is 0 Å². The zero-order chi connectivity index (χ0) is 20.4. The zero-order valence-corrected chi connectivity index (χ0v) is 14.7. The molecule has 0 spiro atoms. The Bertz CT molecular complexity index is 643. The van der Waals surface area contributed by atoms with Crippen molar-refractivity contribution in [2.75, 3.05) is 13.2 Å². The van der Waals surface area contributed by atoms with E-state index in [0.29, 0.717) is 0 Å². The van der Waals surface area contributed by atoms with Crippen LogP contribution in [0.1, 0.15) is 0 Å². The highest BCUT2D eigenvalue weighted by Gasteiger charge is 2.46. The average Bonchev–Trinajstić information content (AvgIpc) is 2.68. The van der Waals surface area contributed by atoms with Gasteiger partial charge in [-0.1, -0.05) is 12.1 Å². The third-order valence-electron chi connectivity index (χ3n) is 4.66. The van der Waals surface area contributed by atoms with E-state index in [1.807, 2.05) is 0 Å². The molecule has 9 atom stereocenters. The van der Waals surface area contributed by atoms with Gasteiger partial charge in [-0.05, 0) is 12.1 Å². The molecular formula is C17H24O11. The Morgan fingerprint density at radius 2 is 1.54 bits per heavy atom. The van der Waals surface area contributed by atoms with E-state index in [0.717, 1.165) is 0 Å². The van der Waals surface area contributed by atoms with Gasteiger partial charge >= 0.3 is 0 Å². The highest BCUT2D eigenvalue weighted by atomic mass is 16.7. The Labute approximate surface area is 159 Å². The van der Waals surface area contributed by atoms with E-state index in [4.69, 9.17) is 18.9 Å². The first-order valence-corrected chi connectivity index (χ1v) is 8.71. The molecule has 2 aliphatic heterocycles. The van der Waals surface area contributed by atoms with Crippen LogP contribution >= 0.6 is 0 Å². The third kappa shape index (κ3) is 4.38. The molecule has 1 aromatic carbocycles. The minimum absolute atomic E-state index is 0.00189. The Morgan fingerprint density at radius 1 is 0.857 bits per heavy atom. The van der Waals surface area contributed by atoms with Crippen molar-refractivity contribution in [3.8, 4) is 11.5 Å². The number of aliphatic hydroxyl groups excluding tert-OH is 6. The molecule has 158 valence electrons. The van der Waals surface area contributed by atoms with Crippen molar-refractivity contribution in [1.82, 2.24) is 0 Å². The van der Waals surface area contributed by atoms with E-state index in [1.54, 1.807) is 12.1 Å². The molecule has 1 aromatic rings. The molecule has 11 nitrogen and oxygen atoms in total. The predicted octanol–water partition coefficient (Wildman–Crippen LogP) is -2.97. The molecule has 2 heterocycles. The molecule has 0 saturated carbocycles. The Morgan fingerprint density at radius 3 is 2.25 bits per heavy atom. The predicted molar refractivity (Wildman–Crippen MR) is 89.1 cm³/mol. The van der Waals surface area contributed by atoms with Gasteiger partial charge in [-0.25, -0.2) is 0 Å². The number of phenols is 1. The fourth-order valence-corrected chi connectivity index (χ4v) is 2.95. The van der Waals surface area contributed by atoms with Crippen molar-refractivity contribution in [3.05, 3.63) is 24.3 Å². The lowest BCUT2D eigenvalue weighted by Gasteiger charge is -2.41. The van der Waals surface area contributed by atoms with Crippen molar-refractivity contribution >= 4 is 0 Å². The first-order chi connectivity index (χ1) is 13.3. The van der Waals surface area contributed by atoms with Gasteiger partial charge in [0.25, 0.3) is 0 Å². The second-order valence-electron chi connectivity index (χ2n) is 6.68. The minimum atomic E-state index is -1.64. The second kappa shape index (κ2) is 8.86. The van der Waals surface area contributed by atoms with E-state index in [2.05, 4.69) is 0 Å². The van der Waals surface area contributed by atoms with Gasteiger partial charge in [-0.2, -0.15) is 0 Å². The Balaban J connectivity index is 1.63. The van der Waals surface area contributed by atoms with Crippen molar-refractivity contribution < 1.29 is 54.7 Å². The van der Waals surface area contributed by atoms with E-state index < -0.39 is 61.9 Å². The number of ether oxygens (including phenoxy) is 4. The lowest BCUT2D eigenvalue weighted by molar-refractivity contribution is -0.307. The summed E-state index contributed by atoms with van der Waals surface area (Å²) in [5.41, 5.74) is 0. The number of benzene rings is 1. The molecule has 11 heteroatoms. The summed E-state index contributed by atoms with van der Waals surface area (Å²) in [5.74, 6) is -0.212. The normalized spacial score (nSPS) is 41.6. The summed E-state index contributed by atoms with van der Waals surface area (Å²) < 4.78 is 21.2. The van der Waals surface area contributed by atoms with E-state index in [-0.39, 0.29) is 18.1 Å². The fraction of sp³-hybridized carbons (Fsp3) is 0.647. The molecule has 0 amide bonds. The van der Waals surface area contributed by atoms with Crippen molar-refractivity contribution in [2.24, 2.45) is 0 Å². The number of aromatic hydroxyl groups is 1. The molecule has 0 bridgehead atoms. The molecule has 0 aliphatic carbocycles. The van der Waals surface area contributed by atoms with E-state index >= 15 is 0 Å². The summed E-state index contributed by atoms with van der Waals surface area (Å²) in [6.45, 7) is -0.659.